The summed E-state index contributed by atoms with van der Waals surface area (Å²) in [5, 5.41) is 9.38. The maximum absolute atomic E-state index is 11.4. The van der Waals surface area contributed by atoms with Gasteiger partial charge in [0, 0.05) is 0 Å². The third kappa shape index (κ3) is 3.48. The van der Waals surface area contributed by atoms with Gasteiger partial charge in [0.2, 0.25) is 0 Å². The lowest BCUT2D eigenvalue weighted by Crippen LogP contribution is -2.08. The number of hydrogen-bond acceptors (Lipinski definition) is 2. The second-order valence-corrected chi connectivity index (χ2v) is 4.43. The molecule has 102 valence electrons. The van der Waals surface area contributed by atoms with Gasteiger partial charge in [-0.1, -0.05) is 48.5 Å². The molecule has 20 heavy (non-hydrogen) atoms. The zero-order valence-electron chi connectivity index (χ0n) is 11.2. The average molecular weight is 268 g/mol. The smallest absolute Gasteiger partial charge is 0.336 e. The van der Waals surface area contributed by atoms with Crippen molar-refractivity contribution in [2.75, 3.05) is 6.61 Å². The number of aliphatic carboxylic acids is 1. The van der Waals surface area contributed by atoms with Gasteiger partial charge in [-0.05, 0) is 30.2 Å². The van der Waals surface area contributed by atoms with Crippen molar-refractivity contribution in [2.45, 2.75) is 6.92 Å². The molecule has 2 rings (SSSR count). The Morgan fingerprint density at radius 2 is 1.55 bits per heavy atom. The Morgan fingerprint density at radius 1 is 1.00 bits per heavy atom. The van der Waals surface area contributed by atoms with E-state index in [1.54, 1.807) is 19.1 Å². The van der Waals surface area contributed by atoms with Crippen molar-refractivity contribution in [2.24, 2.45) is 0 Å². The molecular weight excluding hydrogens is 252 g/mol. The van der Waals surface area contributed by atoms with Crippen LogP contribution in [0.4, 0.5) is 0 Å². The van der Waals surface area contributed by atoms with E-state index in [4.69, 9.17) is 4.74 Å². The minimum absolute atomic E-state index is 0.251. The average Bonchev–Trinajstić information content (AvgIpc) is 2.47. The molecule has 0 aliphatic heterocycles. The number of ether oxygens (including phenoxy) is 1. The van der Waals surface area contributed by atoms with Crippen LogP contribution in [0.5, 0.6) is 5.75 Å². The van der Waals surface area contributed by atoms with Crippen LogP contribution in [0, 0.1) is 0 Å². The van der Waals surface area contributed by atoms with Crippen molar-refractivity contribution in [3.8, 4) is 5.75 Å². The summed E-state index contributed by atoms with van der Waals surface area (Å²) in [4.78, 5) is 11.4. The zero-order chi connectivity index (χ0) is 14.4. The van der Waals surface area contributed by atoms with E-state index in [9.17, 15) is 9.90 Å². The number of para-hydroxylation sites is 1. The third-order valence-electron chi connectivity index (χ3n) is 2.90. The molecule has 0 spiro atoms. The molecule has 0 fully saturated rings. The third-order valence-corrected chi connectivity index (χ3v) is 2.90. The van der Waals surface area contributed by atoms with Crippen molar-refractivity contribution in [1.82, 2.24) is 0 Å². The summed E-state index contributed by atoms with van der Waals surface area (Å²) in [6.07, 6.45) is 0. The molecule has 0 unspecified atom stereocenters. The molecule has 0 heterocycles. The predicted octanol–water partition coefficient (Wildman–Crippen LogP) is 3.62. The van der Waals surface area contributed by atoms with Crippen molar-refractivity contribution in [3.05, 3.63) is 71.8 Å². The number of hydrogen-bond donors (Lipinski definition) is 1. The zero-order valence-corrected chi connectivity index (χ0v) is 11.2. The van der Waals surface area contributed by atoms with Crippen molar-refractivity contribution < 1.29 is 14.6 Å². The van der Waals surface area contributed by atoms with Gasteiger partial charge in [-0.25, -0.2) is 4.79 Å². The number of carbonyl (C=O) groups is 1. The first-order chi connectivity index (χ1) is 9.68. The molecule has 3 nitrogen and oxygen atoms in total. The fourth-order valence-electron chi connectivity index (χ4n) is 1.94. The van der Waals surface area contributed by atoms with E-state index in [-0.39, 0.29) is 6.61 Å². The second kappa shape index (κ2) is 6.57. The number of rotatable bonds is 5. The van der Waals surface area contributed by atoms with E-state index in [1.807, 2.05) is 48.5 Å². The van der Waals surface area contributed by atoms with Gasteiger partial charge in [-0.15, -0.1) is 0 Å². The first kappa shape index (κ1) is 13.9. The van der Waals surface area contributed by atoms with Gasteiger partial charge in [-0.2, -0.15) is 0 Å². The molecule has 0 bridgehead atoms. The van der Waals surface area contributed by atoms with Gasteiger partial charge in [0.15, 0.2) is 0 Å². The maximum atomic E-state index is 11.4. The first-order valence-electron chi connectivity index (χ1n) is 6.35. The topological polar surface area (TPSA) is 46.5 Å². The number of carboxylic acid groups (broad SMARTS) is 1. The fraction of sp³-hybridized carbons (Fsp3) is 0.118. The van der Waals surface area contributed by atoms with Crippen molar-refractivity contribution >= 4 is 11.5 Å². The van der Waals surface area contributed by atoms with Gasteiger partial charge >= 0.3 is 5.97 Å². The van der Waals surface area contributed by atoms with Crippen LogP contribution in [0.25, 0.3) is 5.57 Å². The minimum atomic E-state index is -0.939. The van der Waals surface area contributed by atoms with Crippen molar-refractivity contribution in [1.29, 1.82) is 0 Å². The lowest BCUT2D eigenvalue weighted by molar-refractivity contribution is -0.130. The predicted molar refractivity (Wildman–Crippen MR) is 78.6 cm³/mol. The van der Waals surface area contributed by atoms with Gasteiger partial charge in [-0.3, -0.25) is 0 Å². The van der Waals surface area contributed by atoms with Gasteiger partial charge in [0.05, 0.1) is 5.57 Å². The highest BCUT2D eigenvalue weighted by atomic mass is 16.5. The van der Waals surface area contributed by atoms with Gasteiger partial charge < -0.3 is 9.84 Å². The summed E-state index contributed by atoms with van der Waals surface area (Å²) in [7, 11) is 0. The number of benzene rings is 2. The largest absolute Gasteiger partial charge is 0.489 e. The Kier molecular flexibility index (Phi) is 4.56. The highest BCUT2D eigenvalue weighted by molar-refractivity contribution is 6.16. The number of carboxylic acids is 1. The van der Waals surface area contributed by atoms with Gasteiger partial charge in [0.25, 0.3) is 0 Å². The summed E-state index contributed by atoms with van der Waals surface area (Å²) >= 11 is 0. The molecule has 0 aliphatic rings. The second-order valence-electron chi connectivity index (χ2n) is 4.43. The standard InChI is InChI=1S/C17H16O3/c1-13(12-20-15-10-6-3-7-11-15)16(17(18)19)14-8-4-2-5-9-14/h2-11H,12H2,1H3,(H,18,19). The van der Waals surface area contributed by atoms with Crippen molar-refractivity contribution in [3.63, 3.8) is 0 Å². The SMILES string of the molecule is CC(COc1ccccc1)=C(C(=O)O)c1ccccc1. The Bertz CT molecular complexity index is 601. The summed E-state index contributed by atoms with van der Waals surface area (Å²) in [5.41, 5.74) is 1.67. The Morgan fingerprint density at radius 3 is 2.10 bits per heavy atom. The molecule has 0 aromatic heterocycles. The molecule has 2 aromatic rings. The van der Waals surface area contributed by atoms with Gasteiger partial charge in [0.1, 0.15) is 12.4 Å². The molecule has 0 radical (unpaired) electrons. The van der Waals surface area contributed by atoms with E-state index < -0.39 is 5.97 Å². The molecule has 2 aromatic carbocycles. The van der Waals surface area contributed by atoms with E-state index in [2.05, 4.69) is 0 Å². The van der Waals surface area contributed by atoms with Crippen LogP contribution in [0.3, 0.4) is 0 Å². The van der Waals surface area contributed by atoms with E-state index in [0.29, 0.717) is 16.7 Å². The minimum Gasteiger partial charge on any atom is -0.489 e. The Hall–Kier alpha value is -2.55. The maximum Gasteiger partial charge on any atom is 0.336 e. The molecule has 0 saturated heterocycles. The lowest BCUT2D eigenvalue weighted by Gasteiger charge is -2.10. The molecule has 3 heteroatoms. The van der Waals surface area contributed by atoms with Crippen LogP contribution in [0.1, 0.15) is 12.5 Å². The molecule has 0 amide bonds. The monoisotopic (exact) mass is 268 g/mol. The molecule has 0 aliphatic carbocycles. The molecular formula is C17H16O3. The van der Waals surface area contributed by atoms with E-state index >= 15 is 0 Å². The summed E-state index contributed by atoms with van der Waals surface area (Å²) in [6.45, 7) is 2.03. The highest BCUT2D eigenvalue weighted by Crippen LogP contribution is 2.20. The summed E-state index contributed by atoms with van der Waals surface area (Å²) in [6, 6.07) is 18.4. The molecule has 1 N–H and O–H groups in total. The fourth-order valence-corrected chi connectivity index (χ4v) is 1.94. The van der Waals surface area contributed by atoms with Crippen LogP contribution in [0.2, 0.25) is 0 Å². The molecule has 0 saturated carbocycles. The summed E-state index contributed by atoms with van der Waals surface area (Å²) in [5.74, 6) is -0.213. The Balaban J connectivity index is 2.21. The lowest BCUT2D eigenvalue weighted by atomic mass is 10.0. The van der Waals surface area contributed by atoms with Crippen LogP contribution >= 0.6 is 0 Å². The van der Waals surface area contributed by atoms with Crippen LogP contribution in [0.15, 0.2) is 66.2 Å². The first-order valence-corrected chi connectivity index (χ1v) is 6.35. The van der Waals surface area contributed by atoms with Crippen LogP contribution in [-0.4, -0.2) is 17.7 Å². The van der Waals surface area contributed by atoms with E-state index in [1.165, 1.54) is 0 Å². The normalized spacial score (nSPS) is 11.7. The van der Waals surface area contributed by atoms with E-state index in [0.717, 1.165) is 5.75 Å². The Labute approximate surface area is 118 Å². The van der Waals surface area contributed by atoms with Crippen LogP contribution < -0.4 is 4.74 Å². The quantitative estimate of drug-likeness (QED) is 0.842. The molecule has 0 atom stereocenters. The highest BCUT2D eigenvalue weighted by Gasteiger charge is 2.14. The van der Waals surface area contributed by atoms with Crippen LogP contribution in [-0.2, 0) is 4.79 Å². The summed E-state index contributed by atoms with van der Waals surface area (Å²) < 4.78 is 5.60.